The Bertz CT molecular complexity index is 641. The number of phenols is 1. The SMILES string of the molecule is Oc1c(Cl)cc(Cl)cc1CNc1c(F)cc(F)cc1Cl. The maximum Gasteiger partial charge on any atom is 0.150 e. The van der Waals surface area contributed by atoms with E-state index in [9.17, 15) is 13.9 Å². The van der Waals surface area contributed by atoms with Crippen molar-refractivity contribution in [3.63, 3.8) is 0 Å². The molecule has 0 radical (unpaired) electrons. The van der Waals surface area contributed by atoms with Crippen LogP contribution in [0.3, 0.4) is 0 Å². The first-order chi connectivity index (χ1) is 9.38. The lowest BCUT2D eigenvalue weighted by Gasteiger charge is -2.12. The van der Waals surface area contributed by atoms with E-state index in [1.54, 1.807) is 0 Å². The van der Waals surface area contributed by atoms with Gasteiger partial charge in [0.15, 0.2) is 5.82 Å². The summed E-state index contributed by atoms with van der Waals surface area (Å²) >= 11 is 17.3. The summed E-state index contributed by atoms with van der Waals surface area (Å²) in [6.07, 6.45) is 0. The fraction of sp³-hybridized carbons (Fsp3) is 0.0769. The topological polar surface area (TPSA) is 32.3 Å². The van der Waals surface area contributed by atoms with Crippen LogP contribution in [0.1, 0.15) is 5.56 Å². The third-order valence-corrected chi connectivity index (χ3v) is 3.37. The number of hydrogen-bond donors (Lipinski definition) is 2. The van der Waals surface area contributed by atoms with E-state index in [1.165, 1.54) is 12.1 Å². The molecule has 0 saturated heterocycles. The van der Waals surface area contributed by atoms with Crippen molar-refractivity contribution in [1.82, 2.24) is 0 Å². The number of rotatable bonds is 3. The molecular formula is C13H8Cl3F2NO. The first kappa shape index (κ1) is 15.2. The van der Waals surface area contributed by atoms with Crippen LogP contribution < -0.4 is 5.32 Å². The van der Waals surface area contributed by atoms with Gasteiger partial charge in [-0.3, -0.25) is 0 Å². The minimum Gasteiger partial charge on any atom is -0.506 e. The number of aromatic hydroxyl groups is 1. The van der Waals surface area contributed by atoms with E-state index < -0.39 is 11.6 Å². The van der Waals surface area contributed by atoms with Gasteiger partial charge in [0.25, 0.3) is 0 Å². The Morgan fingerprint density at radius 3 is 2.35 bits per heavy atom. The van der Waals surface area contributed by atoms with E-state index in [1.807, 2.05) is 0 Å². The lowest BCUT2D eigenvalue weighted by atomic mass is 10.2. The average Bonchev–Trinajstić information content (AvgIpc) is 2.33. The van der Waals surface area contributed by atoms with E-state index in [2.05, 4.69) is 5.32 Å². The Labute approximate surface area is 128 Å². The number of benzene rings is 2. The van der Waals surface area contributed by atoms with E-state index >= 15 is 0 Å². The summed E-state index contributed by atoms with van der Waals surface area (Å²) in [4.78, 5) is 0. The molecule has 20 heavy (non-hydrogen) atoms. The average molecular weight is 339 g/mol. The number of nitrogens with one attached hydrogen (secondary N) is 1. The second-order valence-corrected chi connectivity index (χ2v) is 5.24. The zero-order valence-electron chi connectivity index (χ0n) is 9.85. The number of anilines is 1. The van der Waals surface area contributed by atoms with E-state index in [0.717, 1.165) is 6.07 Å². The minimum absolute atomic E-state index is 0.0222. The molecular weight excluding hydrogens is 331 g/mol. The minimum atomic E-state index is -0.831. The van der Waals surface area contributed by atoms with Crippen LogP contribution in [0.15, 0.2) is 24.3 Å². The van der Waals surface area contributed by atoms with Crippen LogP contribution in [0.5, 0.6) is 5.75 Å². The molecule has 0 bridgehead atoms. The van der Waals surface area contributed by atoms with Crippen molar-refractivity contribution in [3.8, 4) is 5.75 Å². The van der Waals surface area contributed by atoms with Gasteiger partial charge in [-0.05, 0) is 18.2 Å². The molecule has 2 nitrogen and oxygen atoms in total. The summed E-state index contributed by atoms with van der Waals surface area (Å²) in [5.74, 6) is -1.77. The smallest absolute Gasteiger partial charge is 0.150 e. The largest absolute Gasteiger partial charge is 0.506 e. The van der Waals surface area contributed by atoms with Gasteiger partial charge in [-0.1, -0.05) is 34.8 Å². The number of phenolic OH excluding ortho intramolecular Hbond substituents is 1. The standard InChI is InChI=1S/C13H8Cl3F2NO/c14-7-1-6(13(20)10(16)2-7)5-19-12-9(15)3-8(17)4-11(12)18/h1-4,19-20H,5H2. The molecule has 0 amide bonds. The van der Waals surface area contributed by atoms with Gasteiger partial charge in [0.2, 0.25) is 0 Å². The molecule has 0 unspecified atom stereocenters. The second-order valence-electron chi connectivity index (χ2n) is 3.99. The molecule has 0 aliphatic carbocycles. The third kappa shape index (κ3) is 3.26. The van der Waals surface area contributed by atoms with Gasteiger partial charge in [-0.25, -0.2) is 8.78 Å². The monoisotopic (exact) mass is 337 g/mol. The van der Waals surface area contributed by atoms with Gasteiger partial charge >= 0.3 is 0 Å². The van der Waals surface area contributed by atoms with Crippen LogP contribution in [0.2, 0.25) is 15.1 Å². The molecule has 2 N–H and O–H groups in total. The van der Waals surface area contributed by atoms with E-state index in [0.29, 0.717) is 16.7 Å². The highest BCUT2D eigenvalue weighted by Gasteiger charge is 2.12. The molecule has 2 rings (SSSR count). The summed E-state index contributed by atoms with van der Waals surface area (Å²) in [6.45, 7) is 0.0222. The molecule has 7 heteroatoms. The van der Waals surface area contributed by atoms with E-state index in [4.69, 9.17) is 34.8 Å². The zero-order chi connectivity index (χ0) is 14.9. The molecule has 0 aliphatic heterocycles. The molecule has 2 aromatic rings. The highest BCUT2D eigenvalue weighted by atomic mass is 35.5. The first-order valence-electron chi connectivity index (χ1n) is 5.44. The van der Waals surface area contributed by atoms with Crippen LogP contribution in [-0.4, -0.2) is 5.11 Å². The van der Waals surface area contributed by atoms with Crippen LogP contribution in [0.25, 0.3) is 0 Å². The predicted octanol–water partition coefficient (Wildman–Crippen LogP) is 5.24. The Morgan fingerprint density at radius 2 is 1.70 bits per heavy atom. The van der Waals surface area contributed by atoms with Crippen molar-refractivity contribution >= 4 is 40.5 Å². The van der Waals surface area contributed by atoms with Gasteiger partial charge < -0.3 is 10.4 Å². The maximum absolute atomic E-state index is 13.6. The Hall–Kier alpha value is -1.23. The van der Waals surface area contributed by atoms with Gasteiger partial charge in [0.05, 0.1) is 15.7 Å². The van der Waals surface area contributed by atoms with Gasteiger partial charge in [-0.15, -0.1) is 0 Å². The molecule has 0 fully saturated rings. The van der Waals surface area contributed by atoms with Crippen LogP contribution >= 0.6 is 34.8 Å². The fourth-order valence-corrected chi connectivity index (χ4v) is 2.45. The predicted molar refractivity (Wildman–Crippen MR) is 76.8 cm³/mol. The summed E-state index contributed by atoms with van der Waals surface area (Å²) < 4.78 is 26.5. The molecule has 0 spiro atoms. The lowest BCUT2D eigenvalue weighted by Crippen LogP contribution is -2.03. The third-order valence-electron chi connectivity index (χ3n) is 2.57. The van der Waals surface area contributed by atoms with E-state index in [-0.39, 0.29) is 28.0 Å². The normalized spacial score (nSPS) is 10.7. The van der Waals surface area contributed by atoms with Crippen molar-refractivity contribution in [2.45, 2.75) is 6.54 Å². The number of halogens is 5. The molecule has 2 aromatic carbocycles. The highest BCUT2D eigenvalue weighted by molar-refractivity contribution is 6.35. The summed E-state index contributed by atoms with van der Waals surface area (Å²) in [7, 11) is 0. The van der Waals surface area contributed by atoms with Crippen LogP contribution in [0, 0.1) is 11.6 Å². The van der Waals surface area contributed by atoms with Gasteiger partial charge in [0.1, 0.15) is 11.6 Å². The summed E-state index contributed by atoms with van der Waals surface area (Å²) in [5, 5.41) is 12.7. The first-order valence-corrected chi connectivity index (χ1v) is 6.57. The van der Waals surface area contributed by atoms with Crippen LogP contribution in [-0.2, 0) is 6.54 Å². The van der Waals surface area contributed by atoms with Crippen molar-refractivity contribution in [1.29, 1.82) is 0 Å². The van der Waals surface area contributed by atoms with Gasteiger partial charge in [0, 0.05) is 23.2 Å². The van der Waals surface area contributed by atoms with Crippen molar-refractivity contribution < 1.29 is 13.9 Å². The molecule has 0 saturated carbocycles. The quantitative estimate of drug-likeness (QED) is 0.802. The van der Waals surface area contributed by atoms with Gasteiger partial charge in [-0.2, -0.15) is 0 Å². The maximum atomic E-state index is 13.6. The van der Waals surface area contributed by atoms with Crippen molar-refractivity contribution in [2.75, 3.05) is 5.32 Å². The Kier molecular flexibility index (Phi) is 4.58. The Morgan fingerprint density at radius 1 is 1.00 bits per heavy atom. The molecule has 106 valence electrons. The summed E-state index contributed by atoms with van der Waals surface area (Å²) in [6, 6.07) is 4.55. The zero-order valence-corrected chi connectivity index (χ0v) is 12.1. The lowest BCUT2D eigenvalue weighted by molar-refractivity contribution is 0.469. The second kappa shape index (κ2) is 6.04. The molecule has 0 heterocycles. The highest BCUT2D eigenvalue weighted by Crippen LogP contribution is 2.33. The van der Waals surface area contributed by atoms with Crippen molar-refractivity contribution in [2.24, 2.45) is 0 Å². The molecule has 0 aromatic heterocycles. The fourth-order valence-electron chi connectivity index (χ4n) is 1.65. The van der Waals surface area contributed by atoms with Crippen molar-refractivity contribution in [3.05, 3.63) is 56.5 Å². The summed E-state index contributed by atoms with van der Waals surface area (Å²) in [5.41, 5.74) is 0.297. The Balaban J connectivity index is 2.26. The van der Waals surface area contributed by atoms with Crippen LogP contribution in [0.4, 0.5) is 14.5 Å². The molecule has 0 aliphatic rings. The number of hydrogen-bond acceptors (Lipinski definition) is 2. The molecule has 0 atom stereocenters.